The van der Waals surface area contributed by atoms with Crippen molar-refractivity contribution in [3.63, 3.8) is 0 Å². The van der Waals surface area contributed by atoms with E-state index in [-0.39, 0.29) is 10.8 Å². The first kappa shape index (κ1) is 14.6. The highest BCUT2D eigenvalue weighted by Gasteiger charge is 2.69. The van der Waals surface area contributed by atoms with Crippen LogP contribution in [0.2, 0.25) is 0 Å². The second-order valence-electron chi connectivity index (χ2n) is 6.31. The summed E-state index contributed by atoms with van der Waals surface area (Å²) in [5.41, 5.74) is 0. The van der Waals surface area contributed by atoms with Crippen LogP contribution in [0.1, 0.15) is 6.42 Å². The smallest absolute Gasteiger partial charge is 0.310 e. The van der Waals surface area contributed by atoms with Crippen LogP contribution < -0.4 is 4.72 Å². The highest BCUT2D eigenvalue weighted by molar-refractivity contribution is 7.89. The van der Waals surface area contributed by atoms with Crippen molar-refractivity contribution < 1.29 is 27.9 Å². The third-order valence-corrected chi connectivity index (χ3v) is 6.72. The van der Waals surface area contributed by atoms with E-state index in [1.165, 1.54) is 12.1 Å². The molecule has 0 radical (unpaired) electrons. The normalized spacial score (nSPS) is 37.8. The number of ether oxygens (including phenoxy) is 1. The van der Waals surface area contributed by atoms with E-state index < -0.39 is 51.9 Å². The van der Waals surface area contributed by atoms with Crippen molar-refractivity contribution in [2.45, 2.75) is 23.5 Å². The fourth-order valence-electron chi connectivity index (χ4n) is 4.39. The number of sulfonamides is 1. The molecule has 3 fully saturated rings. The number of hydrogen-bond acceptors (Lipinski definition) is 5. The van der Waals surface area contributed by atoms with Gasteiger partial charge in [0.2, 0.25) is 10.0 Å². The maximum absolute atomic E-state index is 12.5. The lowest BCUT2D eigenvalue weighted by atomic mass is 9.78. The average Bonchev–Trinajstić information content (AvgIpc) is 3.11. The number of benzene rings is 1. The fourth-order valence-corrected chi connectivity index (χ4v) is 5.71. The lowest BCUT2D eigenvalue weighted by molar-refractivity contribution is -0.151. The van der Waals surface area contributed by atoms with Crippen molar-refractivity contribution in [1.82, 2.24) is 4.72 Å². The highest BCUT2D eigenvalue weighted by atomic mass is 32.2. The van der Waals surface area contributed by atoms with Crippen molar-refractivity contribution in [2.24, 2.45) is 23.7 Å². The topological polar surface area (TPSA) is 110 Å². The van der Waals surface area contributed by atoms with Crippen LogP contribution >= 0.6 is 0 Å². The number of hydrogen-bond donors (Lipinski definition) is 2. The van der Waals surface area contributed by atoms with Gasteiger partial charge in [0.15, 0.2) is 0 Å². The van der Waals surface area contributed by atoms with E-state index in [9.17, 15) is 23.1 Å². The van der Waals surface area contributed by atoms with Crippen LogP contribution in [0.15, 0.2) is 35.2 Å². The molecule has 0 unspecified atom stereocenters. The molecule has 2 N–H and O–H groups in total. The molecular formula is C15H15NO6S. The predicted octanol–water partition coefficient (Wildman–Crippen LogP) is 0.226. The van der Waals surface area contributed by atoms with E-state index >= 15 is 0 Å². The Balaban J connectivity index is 1.66. The summed E-state index contributed by atoms with van der Waals surface area (Å²) < 4.78 is 32.8. The van der Waals surface area contributed by atoms with Crippen molar-refractivity contribution in [3.05, 3.63) is 30.3 Å². The van der Waals surface area contributed by atoms with Gasteiger partial charge in [-0.15, -0.1) is 0 Å². The minimum absolute atomic E-state index is 0.107. The Kier molecular flexibility index (Phi) is 3.05. The Bertz CT molecular complexity index is 776. The van der Waals surface area contributed by atoms with E-state index in [0.717, 1.165) is 0 Å². The molecule has 2 saturated carbocycles. The van der Waals surface area contributed by atoms with Gasteiger partial charge in [0.1, 0.15) is 6.10 Å². The summed E-state index contributed by atoms with van der Waals surface area (Å²) in [6.07, 6.45) is -0.0633. The zero-order valence-corrected chi connectivity index (χ0v) is 12.8. The first-order valence-electron chi connectivity index (χ1n) is 7.41. The second-order valence-corrected chi connectivity index (χ2v) is 8.03. The van der Waals surface area contributed by atoms with Crippen LogP contribution in [0.5, 0.6) is 0 Å². The molecule has 8 heteroatoms. The van der Waals surface area contributed by atoms with Crippen LogP contribution in [0, 0.1) is 23.7 Å². The molecule has 4 rings (SSSR count). The average molecular weight is 337 g/mol. The summed E-state index contributed by atoms with van der Waals surface area (Å²) in [7, 11) is -3.79. The standard InChI is InChI=1S/C15H15NO6S/c17-14(18)10-8-6-9-11(10)15(19)22-13(9)12(8)16-23(20,21)7-4-2-1-3-5-7/h1-5,8-13,16H,6H2,(H,17,18)/t8-,9+,10-,11+,12-,13+/m1/s1. The zero-order chi connectivity index (χ0) is 16.4. The summed E-state index contributed by atoms with van der Waals surface area (Å²) in [6.45, 7) is 0. The maximum atomic E-state index is 12.5. The monoisotopic (exact) mass is 337 g/mol. The molecule has 7 nitrogen and oxygen atoms in total. The third kappa shape index (κ3) is 2.01. The lowest BCUT2D eigenvalue weighted by Gasteiger charge is -2.29. The van der Waals surface area contributed by atoms with Crippen molar-refractivity contribution in [1.29, 1.82) is 0 Å². The molecule has 1 heterocycles. The molecule has 23 heavy (non-hydrogen) atoms. The Labute approximate surface area is 132 Å². The van der Waals surface area contributed by atoms with Crippen molar-refractivity contribution in [2.75, 3.05) is 0 Å². The summed E-state index contributed by atoms with van der Waals surface area (Å²) in [5.74, 6) is -3.73. The van der Waals surface area contributed by atoms with Gasteiger partial charge >= 0.3 is 11.9 Å². The molecule has 1 saturated heterocycles. The minimum atomic E-state index is -3.79. The molecule has 1 aromatic rings. The van der Waals surface area contributed by atoms with E-state index in [2.05, 4.69) is 4.72 Å². The number of carboxylic acid groups (broad SMARTS) is 1. The highest BCUT2D eigenvalue weighted by Crippen LogP contribution is 2.57. The molecule has 2 aliphatic carbocycles. The Morgan fingerprint density at radius 2 is 1.91 bits per heavy atom. The molecule has 1 aliphatic heterocycles. The number of rotatable bonds is 4. The van der Waals surface area contributed by atoms with Crippen LogP contribution in [0.25, 0.3) is 0 Å². The van der Waals surface area contributed by atoms with Gasteiger partial charge in [0.05, 0.1) is 22.8 Å². The lowest BCUT2D eigenvalue weighted by Crippen LogP contribution is -2.50. The van der Waals surface area contributed by atoms with E-state index in [1.54, 1.807) is 18.2 Å². The van der Waals surface area contributed by atoms with Gasteiger partial charge < -0.3 is 9.84 Å². The second kappa shape index (κ2) is 4.78. The van der Waals surface area contributed by atoms with Gasteiger partial charge in [-0.3, -0.25) is 9.59 Å². The van der Waals surface area contributed by atoms with Crippen molar-refractivity contribution in [3.8, 4) is 0 Å². The molecule has 122 valence electrons. The largest absolute Gasteiger partial charge is 0.481 e. The number of carboxylic acids is 1. The Morgan fingerprint density at radius 3 is 2.57 bits per heavy atom. The molecule has 0 amide bonds. The fraction of sp³-hybridized carbons (Fsp3) is 0.467. The number of fused-ring (bicyclic) bond motifs is 1. The number of esters is 1. The summed E-state index contributed by atoms with van der Waals surface area (Å²) in [5, 5.41) is 9.42. The minimum Gasteiger partial charge on any atom is -0.481 e. The quantitative estimate of drug-likeness (QED) is 0.761. The summed E-state index contributed by atoms with van der Waals surface area (Å²) in [6, 6.07) is 7.18. The molecule has 1 aromatic carbocycles. The number of carbonyl (C=O) groups is 2. The molecule has 0 spiro atoms. The molecule has 3 aliphatic rings. The van der Waals surface area contributed by atoms with Crippen molar-refractivity contribution >= 4 is 22.0 Å². The molecule has 2 bridgehead atoms. The number of carbonyl (C=O) groups excluding carboxylic acids is 1. The van der Waals surface area contributed by atoms with E-state index in [0.29, 0.717) is 6.42 Å². The number of nitrogens with one attached hydrogen (secondary N) is 1. The first-order chi connectivity index (χ1) is 10.9. The number of aliphatic carboxylic acids is 1. The predicted molar refractivity (Wildman–Crippen MR) is 76.6 cm³/mol. The van der Waals surface area contributed by atoms with Gasteiger partial charge in [-0.05, 0) is 24.5 Å². The third-order valence-electron chi connectivity index (χ3n) is 5.25. The van der Waals surface area contributed by atoms with Crippen LogP contribution in [0.3, 0.4) is 0 Å². The Morgan fingerprint density at radius 1 is 1.22 bits per heavy atom. The van der Waals surface area contributed by atoms with Crippen LogP contribution in [-0.2, 0) is 24.3 Å². The van der Waals surface area contributed by atoms with Gasteiger partial charge in [-0.2, -0.15) is 0 Å². The van der Waals surface area contributed by atoms with Gasteiger partial charge in [-0.1, -0.05) is 18.2 Å². The van der Waals surface area contributed by atoms with E-state index in [4.69, 9.17) is 4.74 Å². The molecule has 0 aromatic heterocycles. The Hall–Kier alpha value is -1.93. The maximum Gasteiger partial charge on any atom is 0.310 e. The van der Waals surface area contributed by atoms with Gasteiger partial charge in [-0.25, -0.2) is 13.1 Å². The van der Waals surface area contributed by atoms with Crippen LogP contribution in [-0.4, -0.2) is 37.6 Å². The van der Waals surface area contributed by atoms with E-state index in [1.807, 2.05) is 0 Å². The summed E-state index contributed by atoms with van der Waals surface area (Å²) >= 11 is 0. The zero-order valence-electron chi connectivity index (χ0n) is 12.0. The first-order valence-corrected chi connectivity index (χ1v) is 8.89. The van der Waals surface area contributed by atoms with Gasteiger partial charge in [0, 0.05) is 5.92 Å². The molecule has 6 atom stereocenters. The summed E-state index contributed by atoms with van der Waals surface area (Å²) in [4.78, 5) is 23.6. The van der Waals surface area contributed by atoms with Gasteiger partial charge in [0.25, 0.3) is 0 Å². The van der Waals surface area contributed by atoms with Crippen LogP contribution in [0.4, 0.5) is 0 Å². The molecular weight excluding hydrogens is 322 g/mol. The SMILES string of the molecule is O=C(O)[C@@H]1[C@H]2C[C@@H]3[C@H](OC(=O)[C@@H]31)[C@@H]2NS(=O)(=O)c1ccccc1.